The molecule has 0 amide bonds. The van der Waals surface area contributed by atoms with Gasteiger partial charge in [-0.25, -0.2) is 0 Å². The molecule has 1 aliphatic carbocycles. The van der Waals surface area contributed by atoms with Crippen molar-refractivity contribution in [3.05, 3.63) is 22.2 Å². The Bertz CT molecular complexity index is 378. The van der Waals surface area contributed by atoms with Crippen LogP contribution in [0.15, 0.2) is 16.6 Å². The highest BCUT2D eigenvalue weighted by atomic mass is 79.9. The molecule has 0 radical (unpaired) electrons. The Morgan fingerprint density at radius 2 is 2.25 bits per heavy atom. The molecule has 1 aromatic rings. The monoisotopic (exact) mass is 285 g/mol. The third-order valence-electron chi connectivity index (χ3n) is 2.78. The Kier molecular flexibility index (Phi) is 3.71. The van der Waals surface area contributed by atoms with Gasteiger partial charge in [0.05, 0.1) is 7.11 Å². The first kappa shape index (κ1) is 11.7. The minimum Gasteiger partial charge on any atom is -0.504 e. The zero-order chi connectivity index (χ0) is 11.5. The number of hydrogen-bond acceptors (Lipinski definition) is 3. The fourth-order valence-corrected chi connectivity index (χ4v) is 2.14. The van der Waals surface area contributed by atoms with Crippen molar-refractivity contribution in [1.29, 1.82) is 0 Å². The highest BCUT2D eigenvalue weighted by Crippen LogP contribution is 2.33. The highest BCUT2D eigenvalue weighted by Gasteiger charge is 2.20. The van der Waals surface area contributed by atoms with Gasteiger partial charge in [-0.2, -0.15) is 0 Å². The lowest BCUT2D eigenvalue weighted by Crippen LogP contribution is -2.16. The maximum atomic E-state index is 9.91. The summed E-state index contributed by atoms with van der Waals surface area (Å²) in [6.07, 6.45) is 2.67. The Morgan fingerprint density at radius 1 is 1.50 bits per heavy atom. The van der Waals surface area contributed by atoms with Crippen LogP contribution in [0.25, 0.3) is 0 Å². The van der Waals surface area contributed by atoms with E-state index in [2.05, 4.69) is 21.2 Å². The molecule has 0 saturated heterocycles. The van der Waals surface area contributed by atoms with Gasteiger partial charge in [0.2, 0.25) is 0 Å². The molecule has 1 aliphatic rings. The second-order valence-electron chi connectivity index (χ2n) is 4.19. The van der Waals surface area contributed by atoms with Crippen molar-refractivity contribution in [2.24, 2.45) is 5.92 Å². The fraction of sp³-hybridized carbons (Fsp3) is 0.500. The smallest absolute Gasteiger partial charge is 0.162 e. The van der Waals surface area contributed by atoms with Gasteiger partial charge >= 0.3 is 0 Å². The number of rotatable bonds is 5. The minimum absolute atomic E-state index is 0.231. The van der Waals surface area contributed by atoms with Crippen molar-refractivity contribution in [3.63, 3.8) is 0 Å². The summed E-state index contributed by atoms with van der Waals surface area (Å²) in [5.41, 5.74) is 0.867. The summed E-state index contributed by atoms with van der Waals surface area (Å²) in [6, 6.07) is 3.68. The first-order valence-electron chi connectivity index (χ1n) is 5.47. The van der Waals surface area contributed by atoms with E-state index in [9.17, 15) is 5.11 Å². The van der Waals surface area contributed by atoms with Crippen LogP contribution in [0.4, 0.5) is 0 Å². The van der Waals surface area contributed by atoms with Gasteiger partial charge in [-0.05, 0) is 37.4 Å². The van der Waals surface area contributed by atoms with Crippen LogP contribution < -0.4 is 10.1 Å². The van der Waals surface area contributed by atoms with E-state index >= 15 is 0 Å². The molecular weight excluding hydrogens is 270 g/mol. The highest BCUT2D eigenvalue weighted by molar-refractivity contribution is 9.10. The van der Waals surface area contributed by atoms with Gasteiger partial charge in [-0.3, -0.25) is 0 Å². The molecule has 16 heavy (non-hydrogen) atoms. The van der Waals surface area contributed by atoms with Crippen LogP contribution in [0, 0.1) is 5.92 Å². The number of benzene rings is 1. The molecule has 0 atom stereocenters. The van der Waals surface area contributed by atoms with Gasteiger partial charge in [0.25, 0.3) is 0 Å². The van der Waals surface area contributed by atoms with Crippen LogP contribution in [0.3, 0.4) is 0 Å². The number of methoxy groups -OCH3 is 1. The van der Waals surface area contributed by atoms with E-state index in [1.54, 1.807) is 13.2 Å². The summed E-state index contributed by atoms with van der Waals surface area (Å²) in [7, 11) is 1.56. The summed E-state index contributed by atoms with van der Waals surface area (Å²) >= 11 is 3.40. The molecule has 1 saturated carbocycles. The lowest BCUT2D eigenvalue weighted by atomic mass is 10.2. The maximum absolute atomic E-state index is 9.91. The summed E-state index contributed by atoms with van der Waals surface area (Å²) in [5.74, 6) is 1.59. The van der Waals surface area contributed by atoms with Crippen LogP contribution in [0.5, 0.6) is 11.5 Å². The molecule has 0 heterocycles. The molecule has 1 aromatic carbocycles. The number of hydrogen-bond donors (Lipinski definition) is 2. The largest absolute Gasteiger partial charge is 0.504 e. The molecule has 0 bridgehead atoms. The van der Waals surface area contributed by atoms with Crippen LogP contribution in [0.2, 0.25) is 0 Å². The molecule has 0 unspecified atom stereocenters. The average molecular weight is 286 g/mol. The van der Waals surface area contributed by atoms with Crippen LogP contribution in [-0.4, -0.2) is 18.8 Å². The van der Waals surface area contributed by atoms with Gasteiger partial charge in [0.15, 0.2) is 11.5 Å². The van der Waals surface area contributed by atoms with Crippen LogP contribution >= 0.6 is 15.9 Å². The number of phenols is 1. The summed E-state index contributed by atoms with van der Waals surface area (Å²) in [4.78, 5) is 0. The second-order valence-corrected chi connectivity index (χ2v) is 5.11. The normalized spacial score (nSPS) is 15.1. The number of halogens is 1. The number of aromatic hydroxyl groups is 1. The molecule has 4 heteroatoms. The molecule has 2 N–H and O–H groups in total. The van der Waals surface area contributed by atoms with Crippen molar-refractivity contribution in [2.45, 2.75) is 19.4 Å². The third-order valence-corrected chi connectivity index (χ3v) is 3.24. The quantitative estimate of drug-likeness (QED) is 0.874. The molecule has 0 aromatic heterocycles. The van der Waals surface area contributed by atoms with Gasteiger partial charge in [0.1, 0.15) is 0 Å². The Morgan fingerprint density at radius 3 is 2.88 bits per heavy atom. The number of nitrogens with one attached hydrogen (secondary N) is 1. The van der Waals surface area contributed by atoms with Gasteiger partial charge in [-0.15, -0.1) is 0 Å². The van der Waals surface area contributed by atoms with Crippen molar-refractivity contribution < 1.29 is 9.84 Å². The first-order chi connectivity index (χ1) is 7.70. The summed E-state index contributed by atoms with van der Waals surface area (Å²) in [5, 5.41) is 13.3. The zero-order valence-electron chi connectivity index (χ0n) is 9.29. The zero-order valence-corrected chi connectivity index (χ0v) is 10.9. The van der Waals surface area contributed by atoms with Crippen molar-refractivity contribution in [1.82, 2.24) is 5.32 Å². The molecule has 0 spiro atoms. The Hall–Kier alpha value is -0.740. The lowest BCUT2D eigenvalue weighted by molar-refractivity contribution is 0.369. The second kappa shape index (κ2) is 5.06. The standard InChI is InChI=1S/C12H16BrNO2/c1-16-11-5-10(13)4-9(12(11)15)7-14-6-8-2-3-8/h4-5,8,14-15H,2-3,6-7H2,1H3. The van der Waals surface area contributed by atoms with Crippen LogP contribution in [0.1, 0.15) is 18.4 Å². The van der Waals surface area contributed by atoms with Gasteiger partial charge < -0.3 is 15.2 Å². The van der Waals surface area contributed by atoms with E-state index in [0.717, 1.165) is 22.5 Å². The van der Waals surface area contributed by atoms with E-state index < -0.39 is 0 Å². The van der Waals surface area contributed by atoms with E-state index in [1.807, 2.05) is 6.07 Å². The van der Waals surface area contributed by atoms with E-state index in [1.165, 1.54) is 12.8 Å². The van der Waals surface area contributed by atoms with Gasteiger partial charge in [0, 0.05) is 16.6 Å². The first-order valence-corrected chi connectivity index (χ1v) is 6.26. The molecule has 3 nitrogen and oxygen atoms in total. The predicted molar refractivity (Wildman–Crippen MR) is 66.8 cm³/mol. The number of ether oxygens (including phenoxy) is 1. The van der Waals surface area contributed by atoms with Gasteiger partial charge in [-0.1, -0.05) is 15.9 Å². The molecule has 0 aliphatic heterocycles. The van der Waals surface area contributed by atoms with Crippen molar-refractivity contribution in [3.8, 4) is 11.5 Å². The minimum atomic E-state index is 0.231. The van der Waals surface area contributed by atoms with Crippen molar-refractivity contribution >= 4 is 15.9 Å². The van der Waals surface area contributed by atoms with Crippen LogP contribution in [-0.2, 0) is 6.54 Å². The third kappa shape index (κ3) is 2.89. The summed E-state index contributed by atoms with van der Waals surface area (Å²) < 4.78 is 6.02. The Balaban J connectivity index is 2.02. The predicted octanol–water partition coefficient (Wildman–Crippen LogP) is 2.66. The number of phenolic OH excluding ortho intramolecular Hbond substituents is 1. The molecule has 1 fully saturated rings. The fourth-order valence-electron chi connectivity index (χ4n) is 1.65. The van der Waals surface area contributed by atoms with E-state index in [-0.39, 0.29) is 5.75 Å². The van der Waals surface area contributed by atoms with Crippen molar-refractivity contribution in [2.75, 3.05) is 13.7 Å². The molecular formula is C12H16BrNO2. The lowest BCUT2D eigenvalue weighted by Gasteiger charge is -2.10. The summed E-state index contributed by atoms with van der Waals surface area (Å²) in [6.45, 7) is 1.71. The maximum Gasteiger partial charge on any atom is 0.162 e. The van der Waals surface area contributed by atoms with E-state index in [4.69, 9.17) is 4.74 Å². The van der Waals surface area contributed by atoms with E-state index in [0.29, 0.717) is 12.3 Å². The Labute approximate surface area is 104 Å². The molecule has 88 valence electrons. The average Bonchev–Trinajstić information content (AvgIpc) is 3.06. The topological polar surface area (TPSA) is 41.5 Å². The SMILES string of the molecule is COc1cc(Br)cc(CNCC2CC2)c1O. The molecule has 2 rings (SSSR count).